The lowest BCUT2D eigenvalue weighted by atomic mass is 10.1. The van der Waals surface area contributed by atoms with Crippen LogP contribution in [0.4, 0.5) is 13.2 Å². The highest BCUT2D eigenvalue weighted by atomic mass is 32.2. The van der Waals surface area contributed by atoms with E-state index in [1.165, 1.54) is 52.0 Å². The smallest absolute Gasteiger partial charge is 0.410 e. The van der Waals surface area contributed by atoms with Crippen molar-refractivity contribution < 1.29 is 37.5 Å². The summed E-state index contributed by atoms with van der Waals surface area (Å²) in [5.41, 5.74) is 0.335. The molecule has 0 aliphatic heterocycles. The molecule has 1 aromatic rings. The molecule has 7 nitrogen and oxygen atoms in total. The molecule has 0 bridgehead atoms. The van der Waals surface area contributed by atoms with Crippen molar-refractivity contribution >= 4 is 23.2 Å². The fourth-order valence-corrected chi connectivity index (χ4v) is 2.93. The van der Waals surface area contributed by atoms with Gasteiger partial charge < -0.3 is 20.1 Å². The average molecular weight is 472 g/mol. The summed E-state index contributed by atoms with van der Waals surface area (Å²) in [5.74, 6) is 6.95. The quantitative estimate of drug-likeness (QED) is 0.369. The molecule has 1 amide bonds. The van der Waals surface area contributed by atoms with Crippen molar-refractivity contribution in [3.05, 3.63) is 35.4 Å². The van der Waals surface area contributed by atoms with Gasteiger partial charge in [0, 0.05) is 22.5 Å². The summed E-state index contributed by atoms with van der Waals surface area (Å²) in [7, 11) is 0. The van der Waals surface area contributed by atoms with Crippen LogP contribution in [0.5, 0.6) is 0 Å². The molecule has 0 saturated heterocycles. The van der Waals surface area contributed by atoms with Gasteiger partial charge in [-0.25, -0.2) is 4.79 Å². The van der Waals surface area contributed by atoms with Crippen LogP contribution in [0, 0.1) is 23.7 Å². The summed E-state index contributed by atoms with van der Waals surface area (Å²) >= 11 is -2.25. The standard InChI is InChI=1S/C21H23F3N2O5S/c1-13(27)7-5-6-8-14-9-11-15(12-10-14)18(28)25-16(19(29)30)17(21(22,23)24)26-32(31)20(2,3)4/h9-13,16-17,26-27H,1-4H3,(H,25,28)(H,29,30)/t13-,16?,17?,32?/m0/s1. The van der Waals surface area contributed by atoms with Crippen molar-refractivity contribution in [1.82, 2.24) is 10.0 Å². The predicted octanol–water partition coefficient (Wildman–Crippen LogP) is 1.59. The van der Waals surface area contributed by atoms with Crippen LogP contribution in [0.1, 0.15) is 43.6 Å². The van der Waals surface area contributed by atoms with E-state index < -0.39 is 52.3 Å². The van der Waals surface area contributed by atoms with Crippen LogP contribution >= 0.6 is 0 Å². The highest BCUT2D eigenvalue weighted by Gasteiger charge is 2.52. The summed E-state index contributed by atoms with van der Waals surface area (Å²) in [4.78, 5) is 23.9. The second kappa shape index (κ2) is 11.2. The lowest BCUT2D eigenvalue weighted by Gasteiger charge is -2.31. The Bertz CT molecular complexity index is 935. The molecule has 1 rings (SSSR count). The van der Waals surface area contributed by atoms with Crippen molar-refractivity contribution in [2.75, 3.05) is 0 Å². The minimum Gasteiger partial charge on any atom is -0.598 e. The zero-order chi connectivity index (χ0) is 24.7. The van der Waals surface area contributed by atoms with Crippen molar-refractivity contribution in [2.45, 2.75) is 56.8 Å². The van der Waals surface area contributed by atoms with Gasteiger partial charge >= 0.3 is 12.1 Å². The molecule has 0 spiro atoms. The maximum absolute atomic E-state index is 13.5. The maximum atomic E-state index is 13.5. The fourth-order valence-electron chi connectivity index (χ4n) is 2.08. The van der Waals surface area contributed by atoms with Crippen LogP contribution in [0.2, 0.25) is 0 Å². The largest absolute Gasteiger partial charge is 0.598 e. The number of rotatable bonds is 6. The van der Waals surface area contributed by atoms with Crippen LogP contribution in [-0.4, -0.2) is 55.8 Å². The molecule has 0 saturated carbocycles. The number of alkyl halides is 3. The van der Waals surface area contributed by atoms with Crippen molar-refractivity contribution in [1.29, 1.82) is 0 Å². The van der Waals surface area contributed by atoms with E-state index in [1.807, 2.05) is 5.32 Å². The average Bonchev–Trinajstić information content (AvgIpc) is 2.66. The first-order valence-electron chi connectivity index (χ1n) is 9.21. The Kier molecular flexibility index (Phi) is 9.61. The number of carboxylic acid groups (broad SMARTS) is 1. The minimum atomic E-state index is -5.11. The van der Waals surface area contributed by atoms with Gasteiger partial charge in [-0.1, -0.05) is 11.8 Å². The Balaban J connectivity index is 3.07. The molecule has 32 heavy (non-hydrogen) atoms. The Morgan fingerprint density at radius 1 is 1.12 bits per heavy atom. The number of nitrogens with one attached hydrogen (secondary N) is 2. The maximum Gasteiger partial charge on any atom is 0.410 e. The lowest BCUT2D eigenvalue weighted by Crippen LogP contribution is -2.63. The van der Waals surface area contributed by atoms with Gasteiger partial charge in [-0.3, -0.25) is 4.79 Å². The van der Waals surface area contributed by atoms with Crippen LogP contribution in [0.25, 0.3) is 0 Å². The van der Waals surface area contributed by atoms with Crippen LogP contribution < -0.4 is 10.0 Å². The van der Waals surface area contributed by atoms with Gasteiger partial charge in [0.05, 0.1) is 0 Å². The summed E-state index contributed by atoms with van der Waals surface area (Å²) in [6.45, 7) is 5.71. The molecule has 0 heterocycles. The van der Waals surface area contributed by atoms with E-state index in [4.69, 9.17) is 5.11 Å². The number of carboxylic acids is 1. The Labute approximate surface area is 187 Å². The molecule has 1 aromatic carbocycles. The molecular weight excluding hydrogens is 449 g/mol. The second-order valence-corrected chi connectivity index (χ2v) is 9.58. The molecule has 0 aliphatic rings. The third-order valence-corrected chi connectivity index (χ3v) is 5.31. The van der Waals surface area contributed by atoms with E-state index in [-0.39, 0.29) is 5.56 Å². The summed E-state index contributed by atoms with van der Waals surface area (Å²) in [6, 6.07) is 0.0877. The van der Waals surface area contributed by atoms with Gasteiger partial charge in [-0.15, -0.1) is 4.72 Å². The predicted molar refractivity (Wildman–Crippen MR) is 113 cm³/mol. The molecule has 174 valence electrons. The number of aliphatic hydroxyl groups is 1. The SMILES string of the molecule is C[C@H](O)C#CC#Cc1ccc(C(=O)NC(C(=O)O)C(N[S+]([O-])C(C)(C)C)C(F)(F)F)cc1. The molecule has 4 atom stereocenters. The molecule has 0 aromatic heterocycles. The number of hydrogen-bond acceptors (Lipinski definition) is 5. The third kappa shape index (κ3) is 8.81. The van der Waals surface area contributed by atoms with E-state index in [0.717, 1.165) is 0 Å². The fraction of sp³-hybridized carbons (Fsp3) is 0.429. The molecular formula is C21H23F3N2O5S. The van der Waals surface area contributed by atoms with E-state index in [1.54, 1.807) is 4.72 Å². The molecule has 0 aliphatic carbocycles. The number of amides is 1. The first-order chi connectivity index (χ1) is 14.6. The topological polar surface area (TPSA) is 122 Å². The number of carbonyl (C=O) groups excluding carboxylic acids is 1. The zero-order valence-corrected chi connectivity index (χ0v) is 18.5. The monoisotopic (exact) mass is 472 g/mol. The summed E-state index contributed by atoms with van der Waals surface area (Å²) in [6.07, 6.45) is -5.95. The van der Waals surface area contributed by atoms with Crippen molar-refractivity contribution in [3.8, 4) is 23.7 Å². The first kappa shape index (κ1) is 27.3. The Morgan fingerprint density at radius 2 is 1.69 bits per heavy atom. The molecule has 3 unspecified atom stereocenters. The number of halogens is 3. The highest BCUT2D eigenvalue weighted by molar-refractivity contribution is 7.90. The number of hydrogen-bond donors (Lipinski definition) is 4. The lowest BCUT2D eigenvalue weighted by molar-refractivity contribution is -0.169. The number of aliphatic carboxylic acids is 1. The van der Waals surface area contributed by atoms with Gasteiger partial charge in [0.1, 0.15) is 10.9 Å². The van der Waals surface area contributed by atoms with Gasteiger partial charge in [0.25, 0.3) is 5.91 Å². The third-order valence-electron chi connectivity index (χ3n) is 3.73. The first-order valence-corrected chi connectivity index (χ1v) is 10.4. The van der Waals surface area contributed by atoms with E-state index in [0.29, 0.717) is 5.56 Å². The summed E-state index contributed by atoms with van der Waals surface area (Å²) in [5, 5.41) is 20.2. The van der Waals surface area contributed by atoms with Crippen molar-refractivity contribution in [2.24, 2.45) is 0 Å². The minimum absolute atomic E-state index is 0.102. The zero-order valence-electron chi connectivity index (χ0n) is 17.7. The second-order valence-electron chi connectivity index (χ2n) is 7.58. The summed E-state index contributed by atoms with van der Waals surface area (Å²) < 4.78 is 53.4. The van der Waals surface area contributed by atoms with Gasteiger partial charge in [0.15, 0.2) is 12.1 Å². The van der Waals surface area contributed by atoms with Crippen LogP contribution in [0.15, 0.2) is 24.3 Å². The Morgan fingerprint density at radius 3 is 2.12 bits per heavy atom. The van der Waals surface area contributed by atoms with Gasteiger partial charge in [-0.05, 0) is 63.8 Å². The normalized spacial score (nSPS) is 15.2. The number of aliphatic hydroxyl groups excluding tert-OH is 1. The number of benzene rings is 1. The van der Waals surface area contributed by atoms with Crippen molar-refractivity contribution in [3.63, 3.8) is 0 Å². The van der Waals surface area contributed by atoms with Crippen LogP contribution in [-0.2, 0) is 16.2 Å². The Hall–Kier alpha value is -2.70. The molecule has 4 N–H and O–H groups in total. The van der Waals surface area contributed by atoms with Crippen LogP contribution in [0.3, 0.4) is 0 Å². The molecule has 0 radical (unpaired) electrons. The van der Waals surface area contributed by atoms with Gasteiger partial charge in [-0.2, -0.15) is 13.2 Å². The van der Waals surface area contributed by atoms with Gasteiger partial charge in [0.2, 0.25) is 0 Å². The number of carbonyl (C=O) groups is 2. The molecule has 0 fully saturated rings. The van der Waals surface area contributed by atoms with E-state index in [9.17, 15) is 32.4 Å². The molecule has 11 heteroatoms. The van der Waals surface area contributed by atoms with E-state index in [2.05, 4.69) is 23.7 Å². The van der Waals surface area contributed by atoms with E-state index >= 15 is 0 Å². The highest BCUT2D eigenvalue weighted by Crippen LogP contribution is 2.26.